The predicted octanol–water partition coefficient (Wildman–Crippen LogP) is 2.97. The van der Waals surface area contributed by atoms with Gasteiger partial charge >= 0.3 is 6.18 Å². The van der Waals surface area contributed by atoms with Crippen LogP contribution >= 0.6 is 11.6 Å². The first-order valence-corrected chi connectivity index (χ1v) is 4.17. The standard InChI is InChI=1S/C9H5ClF3NO/c10-8-7(9(11,12)13)4-6(5-14-8)2-1-3-15/h1-5H. The van der Waals surface area contributed by atoms with Gasteiger partial charge in [0, 0.05) is 6.20 Å². The van der Waals surface area contributed by atoms with E-state index in [2.05, 4.69) is 4.98 Å². The van der Waals surface area contributed by atoms with Crippen LogP contribution in [0.4, 0.5) is 13.2 Å². The highest BCUT2D eigenvalue weighted by molar-refractivity contribution is 6.30. The quantitative estimate of drug-likeness (QED) is 0.448. The minimum Gasteiger partial charge on any atom is -0.299 e. The summed E-state index contributed by atoms with van der Waals surface area (Å²) >= 11 is 5.29. The van der Waals surface area contributed by atoms with Crippen LogP contribution in [0.25, 0.3) is 6.08 Å². The van der Waals surface area contributed by atoms with E-state index in [-0.39, 0.29) is 5.56 Å². The van der Waals surface area contributed by atoms with Crippen molar-refractivity contribution >= 4 is 24.0 Å². The Bertz CT molecular complexity index is 401. The number of nitrogens with zero attached hydrogens (tertiary/aromatic N) is 1. The molecule has 1 rings (SSSR count). The highest BCUT2D eigenvalue weighted by Crippen LogP contribution is 2.33. The highest BCUT2D eigenvalue weighted by Gasteiger charge is 2.33. The molecule has 0 aromatic carbocycles. The van der Waals surface area contributed by atoms with Crippen molar-refractivity contribution in [1.29, 1.82) is 0 Å². The lowest BCUT2D eigenvalue weighted by molar-refractivity contribution is -0.137. The number of carbonyl (C=O) groups excluding carboxylic acids is 1. The van der Waals surface area contributed by atoms with Gasteiger partial charge in [0.1, 0.15) is 11.4 Å². The summed E-state index contributed by atoms with van der Waals surface area (Å²) in [5.41, 5.74) is -0.851. The number of carbonyl (C=O) groups is 1. The van der Waals surface area contributed by atoms with Crippen LogP contribution in [0.15, 0.2) is 18.3 Å². The van der Waals surface area contributed by atoms with E-state index in [1.165, 1.54) is 6.08 Å². The van der Waals surface area contributed by atoms with Crippen molar-refractivity contribution in [3.05, 3.63) is 34.6 Å². The van der Waals surface area contributed by atoms with E-state index >= 15 is 0 Å². The van der Waals surface area contributed by atoms with Crippen LogP contribution < -0.4 is 0 Å². The Hall–Kier alpha value is -1.36. The summed E-state index contributed by atoms with van der Waals surface area (Å²) in [7, 11) is 0. The fourth-order valence-electron chi connectivity index (χ4n) is 0.905. The van der Waals surface area contributed by atoms with Gasteiger partial charge in [0.2, 0.25) is 0 Å². The lowest BCUT2D eigenvalue weighted by Gasteiger charge is -2.08. The number of rotatable bonds is 2. The zero-order valence-corrected chi connectivity index (χ0v) is 8.01. The van der Waals surface area contributed by atoms with Crippen molar-refractivity contribution in [3.63, 3.8) is 0 Å². The fourth-order valence-corrected chi connectivity index (χ4v) is 1.12. The Balaban J connectivity index is 3.17. The molecule has 0 fully saturated rings. The molecule has 0 aliphatic rings. The molecule has 0 aliphatic heterocycles. The van der Waals surface area contributed by atoms with E-state index in [0.29, 0.717) is 6.29 Å². The molecule has 2 nitrogen and oxygen atoms in total. The molecule has 1 aromatic heterocycles. The number of aromatic nitrogens is 1. The minimum atomic E-state index is -4.55. The van der Waals surface area contributed by atoms with Crippen molar-refractivity contribution in [2.24, 2.45) is 0 Å². The van der Waals surface area contributed by atoms with Crippen LogP contribution in [-0.4, -0.2) is 11.3 Å². The van der Waals surface area contributed by atoms with Crippen molar-refractivity contribution in [3.8, 4) is 0 Å². The second-order valence-electron chi connectivity index (χ2n) is 2.60. The second kappa shape index (κ2) is 4.44. The molecule has 0 unspecified atom stereocenters. The molecule has 0 amide bonds. The van der Waals surface area contributed by atoms with E-state index in [1.54, 1.807) is 0 Å². The average Bonchev–Trinajstić information content (AvgIpc) is 2.15. The predicted molar refractivity (Wildman–Crippen MR) is 49.3 cm³/mol. The van der Waals surface area contributed by atoms with Gasteiger partial charge in [0.25, 0.3) is 0 Å². The Morgan fingerprint density at radius 1 is 1.40 bits per heavy atom. The Labute approximate surface area is 88.4 Å². The largest absolute Gasteiger partial charge is 0.419 e. The molecular weight excluding hydrogens is 231 g/mol. The molecule has 0 saturated heterocycles. The molecule has 0 saturated carbocycles. The average molecular weight is 236 g/mol. The van der Waals surface area contributed by atoms with Crippen LogP contribution in [0.5, 0.6) is 0 Å². The van der Waals surface area contributed by atoms with Crippen molar-refractivity contribution in [2.75, 3.05) is 0 Å². The van der Waals surface area contributed by atoms with Gasteiger partial charge in [-0.2, -0.15) is 13.2 Å². The summed E-state index contributed by atoms with van der Waals surface area (Å²) in [4.78, 5) is 13.3. The van der Waals surface area contributed by atoms with Gasteiger partial charge in [0.05, 0.1) is 5.56 Å². The molecular formula is C9H5ClF3NO. The SMILES string of the molecule is O=CC=Cc1cnc(Cl)c(C(F)(F)F)c1. The molecule has 0 bridgehead atoms. The molecule has 1 heterocycles. The molecule has 0 radical (unpaired) electrons. The second-order valence-corrected chi connectivity index (χ2v) is 2.96. The van der Waals surface area contributed by atoms with Gasteiger partial charge in [-0.3, -0.25) is 4.79 Å². The third-order valence-corrected chi connectivity index (χ3v) is 1.83. The van der Waals surface area contributed by atoms with E-state index < -0.39 is 16.9 Å². The fraction of sp³-hybridized carbons (Fsp3) is 0.111. The number of pyridine rings is 1. The third-order valence-electron chi connectivity index (χ3n) is 1.53. The monoisotopic (exact) mass is 235 g/mol. The molecule has 0 aliphatic carbocycles. The number of aldehydes is 1. The smallest absolute Gasteiger partial charge is 0.299 e. The van der Waals surface area contributed by atoms with Gasteiger partial charge in [-0.05, 0) is 17.7 Å². The van der Waals surface area contributed by atoms with Gasteiger partial charge in [0.15, 0.2) is 0 Å². The molecule has 15 heavy (non-hydrogen) atoms. The van der Waals surface area contributed by atoms with Crippen LogP contribution in [0.3, 0.4) is 0 Å². The molecule has 0 spiro atoms. The van der Waals surface area contributed by atoms with Crippen molar-refractivity contribution in [2.45, 2.75) is 6.18 Å². The lowest BCUT2D eigenvalue weighted by Crippen LogP contribution is -2.07. The number of halogens is 4. The Kier molecular flexibility index (Phi) is 3.47. The van der Waals surface area contributed by atoms with Gasteiger partial charge < -0.3 is 0 Å². The van der Waals surface area contributed by atoms with E-state index in [9.17, 15) is 18.0 Å². The number of allylic oxidation sites excluding steroid dienone is 1. The topological polar surface area (TPSA) is 30.0 Å². The summed E-state index contributed by atoms with van der Waals surface area (Å²) in [5.74, 6) is 0. The van der Waals surface area contributed by atoms with Crippen LogP contribution in [0, 0.1) is 0 Å². The summed E-state index contributed by atoms with van der Waals surface area (Å²) in [6.07, 6.45) is -0.648. The maximum atomic E-state index is 12.3. The lowest BCUT2D eigenvalue weighted by atomic mass is 10.2. The first kappa shape index (κ1) is 11.7. The summed E-state index contributed by atoms with van der Waals surface area (Å²) in [5, 5.41) is -0.606. The van der Waals surface area contributed by atoms with Crippen LogP contribution in [0.2, 0.25) is 5.15 Å². The summed E-state index contributed by atoms with van der Waals surface area (Å²) in [6.45, 7) is 0. The first-order valence-electron chi connectivity index (χ1n) is 3.79. The number of alkyl halides is 3. The van der Waals surface area contributed by atoms with E-state index in [0.717, 1.165) is 18.3 Å². The molecule has 0 atom stereocenters. The maximum Gasteiger partial charge on any atom is 0.419 e. The number of hydrogen-bond donors (Lipinski definition) is 0. The molecule has 6 heteroatoms. The van der Waals surface area contributed by atoms with Crippen molar-refractivity contribution < 1.29 is 18.0 Å². The zero-order valence-electron chi connectivity index (χ0n) is 7.25. The van der Waals surface area contributed by atoms with E-state index in [4.69, 9.17) is 11.6 Å². The van der Waals surface area contributed by atoms with Crippen molar-refractivity contribution in [1.82, 2.24) is 4.98 Å². The van der Waals surface area contributed by atoms with Gasteiger partial charge in [-0.1, -0.05) is 17.7 Å². The minimum absolute atomic E-state index is 0.166. The first-order chi connectivity index (χ1) is 6.95. The molecule has 1 aromatic rings. The van der Waals surface area contributed by atoms with Crippen LogP contribution in [0.1, 0.15) is 11.1 Å². The third kappa shape index (κ3) is 3.06. The summed E-state index contributed by atoms with van der Waals surface area (Å²) < 4.78 is 37.0. The Morgan fingerprint density at radius 2 is 2.07 bits per heavy atom. The van der Waals surface area contributed by atoms with Crippen LogP contribution in [-0.2, 0) is 11.0 Å². The van der Waals surface area contributed by atoms with Gasteiger partial charge in [-0.15, -0.1) is 0 Å². The molecule has 0 N–H and O–H groups in total. The normalized spacial score (nSPS) is 12.0. The van der Waals surface area contributed by atoms with E-state index in [1.807, 2.05) is 0 Å². The highest BCUT2D eigenvalue weighted by atomic mass is 35.5. The maximum absolute atomic E-state index is 12.3. The molecule has 80 valence electrons. The number of hydrogen-bond acceptors (Lipinski definition) is 2. The Morgan fingerprint density at radius 3 is 2.60 bits per heavy atom. The zero-order chi connectivity index (χ0) is 11.5. The summed E-state index contributed by atoms with van der Waals surface area (Å²) in [6, 6.07) is 0.829. The van der Waals surface area contributed by atoms with Gasteiger partial charge in [-0.25, -0.2) is 4.98 Å².